The third-order valence-electron chi connectivity index (χ3n) is 2.69. The molecule has 0 fully saturated rings. The number of hydrogen-bond acceptors (Lipinski definition) is 4. The van der Waals surface area contributed by atoms with Crippen molar-refractivity contribution < 1.29 is 9.53 Å². The van der Waals surface area contributed by atoms with Crippen LogP contribution in [0.1, 0.15) is 34.8 Å². The summed E-state index contributed by atoms with van der Waals surface area (Å²) in [5.74, 6) is 0.781. The van der Waals surface area contributed by atoms with Crippen LogP contribution in [0.3, 0.4) is 0 Å². The average molecular weight is 260 g/mol. The van der Waals surface area contributed by atoms with Gasteiger partial charge < -0.3 is 15.0 Å². The number of rotatable bonds is 4. The van der Waals surface area contributed by atoms with Crippen molar-refractivity contribution in [2.75, 3.05) is 7.11 Å². The van der Waals surface area contributed by atoms with E-state index in [1.165, 1.54) is 7.11 Å². The monoisotopic (exact) mass is 260 g/mol. The first kappa shape index (κ1) is 13.1. The molecule has 0 aliphatic rings. The number of aromatic nitrogens is 3. The highest BCUT2D eigenvalue weighted by Gasteiger charge is 2.17. The van der Waals surface area contributed by atoms with Crippen LogP contribution in [0, 0.1) is 6.92 Å². The summed E-state index contributed by atoms with van der Waals surface area (Å²) >= 11 is 0. The number of pyridine rings is 1. The summed E-state index contributed by atoms with van der Waals surface area (Å²) in [6.45, 7) is 3.77. The van der Waals surface area contributed by atoms with Crippen LogP contribution in [-0.4, -0.2) is 28.0 Å². The van der Waals surface area contributed by atoms with Gasteiger partial charge in [-0.1, -0.05) is 0 Å². The number of carbonyl (C=O) groups excluding carboxylic acids is 1. The van der Waals surface area contributed by atoms with Gasteiger partial charge in [-0.05, 0) is 26.0 Å². The van der Waals surface area contributed by atoms with E-state index in [0.29, 0.717) is 17.3 Å². The summed E-state index contributed by atoms with van der Waals surface area (Å²) in [6, 6.07) is 3.14. The second kappa shape index (κ2) is 5.51. The zero-order valence-corrected chi connectivity index (χ0v) is 11.1. The molecule has 0 saturated carbocycles. The second-order valence-corrected chi connectivity index (χ2v) is 4.21. The van der Waals surface area contributed by atoms with E-state index in [4.69, 9.17) is 4.74 Å². The summed E-state index contributed by atoms with van der Waals surface area (Å²) in [7, 11) is 1.48. The average Bonchev–Trinajstić information content (AvgIpc) is 2.85. The third-order valence-corrected chi connectivity index (χ3v) is 2.69. The Labute approximate surface area is 111 Å². The number of hydrogen-bond donors (Lipinski definition) is 2. The van der Waals surface area contributed by atoms with E-state index in [0.717, 1.165) is 5.69 Å². The van der Waals surface area contributed by atoms with Crippen molar-refractivity contribution in [3.8, 4) is 5.88 Å². The minimum atomic E-state index is -0.244. The lowest BCUT2D eigenvalue weighted by molar-refractivity contribution is 0.0934. The van der Waals surface area contributed by atoms with Gasteiger partial charge in [0.1, 0.15) is 11.4 Å². The number of H-pyrrole nitrogens is 1. The van der Waals surface area contributed by atoms with Crippen LogP contribution in [0.15, 0.2) is 24.5 Å². The molecule has 0 aliphatic carbocycles. The SMILES string of the molecule is COc1ncccc1C(=O)NC(C)c1ncc(C)[nH]1. The largest absolute Gasteiger partial charge is 0.480 e. The van der Waals surface area contributed by atoms with E-state index >= 15 is 0 Å². The molecule has 0 saturated heterocycles. The van der Waals surface area contributed by atoms with Crippen LogP contribution < -0.4 is 10.1 Å². The fraction of sp³-hybridized carbons (Fsp3) is 0.308. The van der Waals surface area contributed by atoms with Crippen LogP contribution in [0.2, 0.25) is 0 Å². The van der Waals surface area contributed by atoms with Crippen molar-refractivity contribution in [1.29, 1.82) is 0 Å². The number of ether oxygens (including phenoxy) is 1. The third kappa shape index (κ3) is 2.90. The molecule has 100 valence electrons. The van der Waals surface area contributed by atoms with Gasteiger partial charge in [-0.15, -0.1) is 0 Å². The normalized spacial score (nSPS) is 11.9. The van der Waals surface area contributed by atoms with E-state index in [1.807, 2.05) is 13.8 Å². The molecule has 1 unspecified atom stereocenters. The number of methoxy groups -OCH3 is 1. The maximum absolute atomic E-state index is 12.1. The van der Waals surface area contributed by atoms with Crippen molar-refractivity contribution in [3.05, 3.63) is 41.6 Å². The van der Waals surface area contributed by atoms with Crippen LogP contribution in [0.5, 0.6) is 5.88 Å². The molecule has 2 N–H and O–H groups in total. The molecule has 1 amide bonds. The standard InChI is InChI=1S/C13H16N4O2/c1-8-7-15-11(16-8)9(2)17-12(18)10-5-4-6-14-13(10)19-3/h4-7,9H,1-3H3,(H,15,16)(H,17,18). The first-order valence-corrected chi connectivity index (χ1v) is 5.93. The molecule has 6 nitrogen and oxygen atoms in total. The lowest BCUT2D eigenvalue weighted by Gasteiger charge is -2.12. The van der Waals surface area contributed by atoms with E-state index in [9.17, 15) is 4.79 Å². The van der Waals surface area contributed by atoms with Crippen molar-refractivity contribution in [2.45, 2.75) is 19.9 Å². The summed E-state index contributed by atoms with van der Waals surface area (Å²) in [5, 5.41) is 2.85. The highest BCUT2D eigenvalue weighted by Crippen LogP contribution is 2.15. The second-order valence-electron chi connectivity index (χ2n) is 4.21. The Morgan fingerprint density at radius 1 is 1.47 bits per heavy atom. The molecule has 1 atom stereocenters. The zero-order chi connectivity index (χ0) is 13.8. The zero-order valence-electron chi connectivity index (χ0n) is 11.1. The Balaban J connectivity index is 2.12. The van der Waals surface area contributed by atoms with Gasteiger partial charge in [-0.2, -0.15) is 0 Å². The van der Waals surface area contributed by atoms with Crippen molar-refractivity contribution in [3.63, 3.8) is 0 Å². The molecule has 2 aromatic rings. The smallest absolute Gasteiger partial charge is 0.257 e. The molecule has 0 aromatic carbocycles. The number of nitrogens with zero attached hydrogens (tertiary/aromatic N) is 2. The van der Waals surface area contributed by atoms with E-state index in [2.05, 4.69) is 20.3 Å². The minimum absolute atomic E-state index is 0.217. The summed E-state index contributed by atoms with van der Waals surface area (Å²) < 4.78 is 5.06. The Morgan fingerprint density at radius 3 is 2.89 bits per heavy atom. The van der Waals surface area contributed by atoms with Crippen LogP contribution in [0.25, 0.3) is 0 Å². The molecule has 2 heterocycles. The fourth-order valence-electron chi connectivity index (χ4n) is 1.72. The molecular weight excluding hydrogens is 244 g/mol. The predicted octanol–water partition coefficient (Wildman–Crippen LogP) is 1.61. The van der Waals surface area contributed by atoms with Crippen LogP contribution in [-0.2, 0) is 0 Å². The molecule has 6 heteroatoms. The Morgan fingerprint density at radius 2 is 2.26 bits per heavy atom. The first-order chi connectivity index (χ1) is 9.11. The van der Waals surface area contributed by atoms with Gasteiger partial charge in [0.15, 0.2) is 0 Å². The number of nitrogens with one attached hydrogen (secondary N) is 2. The fourth-order valence-corrected chi connectivity index (χ4v) is 1.72. The summed E-state index contributed by atoms with van der Waals surface area (Å²) in [4.78, 5) is 23.4. The molecule has 0 aliphatic heterocycles. The molecular formula is C13H16N4O2. The van der Waals surface area contributed by atoms with Gasteiger partial charge in [-0.25, -0.2) is 9.97 Å². The van der Waals surface area contributed by atoms with Crippen LogP contribution in [0.4, 0.5) is 0 Å². The van der Waals surface area contributed by atoms with Gasteiger partial charge in [0.2, 0.25) is 5.88 Å². The highest BCUT2D eigenvalue weighted by atomic mass is 16.5. The van der Waals surface area contributed by atoms with Crippen molar-refractivity contribution in [1.82, 2.24) is 20.3 Å². The van der Waals surface area contributed by atoms with Gasteiger partial charge in [0, 0.05) is 18.1 Å². The number of carbonyl (C=O) groups is 1. The predicted molar refractivity (Wildman–Crippen MR) is 70.0 cm³/mol. The number of aryl methyl sites for hydroxylation is 1. The minimum Gasteiger partial charge on any atom is -0.480 e. The Bertz CT molecular complexity index is 580. The molecule has 0 radical (unpaired) electrons. The Hall–Kier alpha value is -2.37. The lowest BCUT2D eigenvalue weighted by atomic mass is 10.2. The van der Waals surface area contributed by atoms with Crippen LogP contribution >= 0.6 is 0 Å². The maximum atomic E-state index is 12.1. The maximum Gasteiger partial charge on any atom is 0.257 e. The van der Waals surface area contributed by atoms with E-state index < -0.39 is 0 Å². The van der Waals surface area contributed by atoms with E-state index in [1.54, 1.807) is 24.5 Å². The topological polar surface area (TPSA) is 79.9 Å². The quantitative estimate of drug-likeness (QED) is 0.875. The van der Waals surface area contributed by atoms with Gasteiger partial charge >= 0.3 is 0 Å². The summed E-state index contributed by atoms with van der Waals surface area (Å²) in [6.07, 6.45) is 3.30. The van der Waals surface area contributed by atoms with Gasteiger partial charge in [-0.3, -0.25) is 4.79 Å². The van der Waals surface area contributed by atoms with Gasteiger partial charge in [0.05, 0.1) is 13.2 Å². The van der Waals surface area contributed by atoms with E-state index in [-0.39, 0.29) is 11.9 Å². The molecule has 2 rings (SSSR count). The first-order valence-electron chi connectivity index (χ1n) is 5.93. The lowest BCUT2D eigenvalue weighted by Crippen LogP contribution is -2.27. The molecule has 2 aromatic heterocycles. The summed E-state index contributed by atoms with van der Waals surface area (Å²) in [5.41, 5.74) is 1.36. The Kier molecular flexibility index (Phi) is 3.79. The number of imidazole rings is 1. The number of aromatic amines is 1. The number of amides is 1. The molecule has 0 bridgehead atoms. The molecule has 19 heavy (non-hydrogen) atoms. The van der Waals surface area contributed by atoms with Crippen molar-refractivity contribution >= 4 is 5.91 Å². The van der Waals surface area contributed by atoms with Crippen molar-refractivity contribution in [2.24, 2.45) is 0 Å². The highest BCUT2D eigenvalue weighted by molar-refractivity contribution is 5.96. The molecule has 0 spiro atoms. The van der Waals surface area contributed by atoms with Gasteiger partial charge in [0.25, 0.3) is 5.91 Å².